The highest BCUT2D eigenvalue weighted by Crippen LogP contribution is 2.16. The number of aromatic carboxylic acids is 1. The second kappa shape index (κ2) is 8.15. The van der Waals surface area contributed by atoms with Crippen LogP contribution in [0, 0.1) is 6.92 Å². The lowest BCUT2D eigenvalue weighted by Crippen LogP contribution is -2.23. The first-order chi connectivity index (χ1) is 11.5. The summed E-state index contributed by atoms with van der Waals surface area (Å²) in [6.45, 7) is 2.43. The third-order valence-corrected chi connectivity index (χ3v) is 3.68. The zero-order valence-corrected chi connectivity index (χ0v) is 13.8. The quantitative estimate of drug-likeness (QED) is 0.820. The fourth-order valence-corrected chi connectivity index (χ4v) is 2.41. The molecule has 2 N–H and O–H groups in total. The Bertz CT molecular complexity index is 723. The molecule has 0 atom stereocenters. The summed E-state index contributed by atoms with van der Waals surface area (Å²) in [7, 11) is 1.62. The van der Waals surface area contributed by atoms with E-state index >= 15 is 0 Å². The van der Waals surface area contributed by atoms with Crippen molar-refractivity contribution in [3.63, 3.8) is 0 Å². The Morgan fingerprint density at radius 3 is 2.42 bits per heavy atom. The summed E-state index contributed by atoms with van der Waals surface area (Å²) < 4.78 is 5.22. The molecule has 5 nitrogen and oxygen atoms in total. The van der Waals surface area contributed by atoms with Gasteiger partial charge in [0, 0.05) is 13.0 Å². The van der Waals surface area contributed by atoms with E-state index in [2.05, 4.69) is 5.32 Å². The summed E-state index contributed by atoms with van der Waals surface area (Å²) in [6, 6.07) is 12.4. The molecule has 0 radical (unpaired) electrons. The molecular formula is C19H21NO4. The van der Waals surface area contributed by atoms with E-state index in [1.807, 2.05) is 25.1 Å². The number of nitrogens with one attached hydrogen (secondary N) is 1. The van der Waals surface area contributed by atoms with E-state index in [1.54, 1.807) is 31.4 Å². The van der Waals surface area contributed by atoms with Crippen LogP contribution in [-0.4, -0.2) is 24.1 Å². The zero-order chi connectivity index (χ0) is 17.5. The van der Waals surface area contributed by atoms with Crippen molar-refractivity contribution in [2.75, 3.05) is 7.11 Å². The second-order valence-corrected chi connectivity index (χ2v) is 5.64. The van der Waals surface area contributed by atoms with Crippen LogP contribution >= 0.6 is 0 Å². The lowest BCUT2D eigenvalue weighted by atomic mass is 10.1. The summed E-state index contributed by atoms with van der Waals surface area (Å²) in [5, 5.41) is 11.7. The van der Waals surface area contributed by atoms with Gasteiger partial charge in [0.1, 0.15) is 5.75 Å². The average Bonchev–Trinajstić information content (AvgIpc) is 2.58. The summed E-state index contributed by atoms with van der Waals surface area (Å²) in [6.07, 6.45) is 0.929. The molecule has 24 heavy (non-hydrogen) atoms. The van der Waals surface area contributed by atoms with Gasteiger partial charge in [-0.1, -0.05) is 18.2 Å². The highest BCUT2D eigenvalue weighted by atomic mass is 16.5. The monoisotopic (exact) mass is 327 g/mol. The largest absolute Gasteiger partial charge is 0.497 e. The van der Waals surface area contributed by atoms with Gasteiger partial charge < -0.3 is 15.2 Å². The van der Waals surface area contributed by atoms with Gasteiger partial charge in [0.15, 0.2) is 0 Å². The third kappa shape index (κ3) is 5.12. The molecule has 1 amide bonds. The topological polar surface area (TPSA) is 75.6 Å². The number of hydrogen-bond donors (Lipinski definition) is 2. The number of carbonyl (C=O) groups excluding carboxylic acids is 1. The van der Waals surface area contributed by atoms with Gasteiger partial charge in [0.25, 0.3) is 0 Å². The SMILES string of the molecule is COc1cc(C)cc(CNC(=O)CCc2ccc(C(=O)O)cc2)c1. The minimum Gasteiger partial charge on any atom is -0.497 e. The average molecular weight is 327 g/mol. The van der Waals surface area contributed by atoms with Crippen molar-refractivity contribution < 1.29 is 19.4 Å². The molecule has 0 aliphatic heterocycles. The number of carboxylic acids is 1. The number of methoxy groups -OCH3 is 1. The zero-order valence-electron chi connectivity index (χ0n) is 13.8. The van der Waals surface area contributed by atoms with Crippen molar-refractivity contribution in [1.82, 2.24) is 5.32 Å². The molecule has 2 aromatic carbocycles. The first-order valence-corrected chi connectivity index (χ1v) is 7.71. The Morgan fingerprint density at radius 1 is 1.08 bits per heavy atom. The number of aryl methyl sites for hydroxylation is 2. The molecule has 0 aromatic heterocycles. The van der Waals surface area contributed by atoms with Gasteiger partial charge >= 0.3 is 5.97 Å². The van der Waals surface area contributed by atoms with E-state index in [-0.39, 0.29) is 11.5 Å². The van der Waals surface area contributed by atoms with Crippen molar-refractivity contribution >= 4 is 11.9 Å². The number of carboxylic acid groups (broad SMARTS) is 1. The number of carbonyl (C=O) groups is 2. The molecule has 0 aliphatic rings. The predicted octanol–water partition coefficient (Wildman–Crippen LogP) is 2.95. The van der Waals surface area contributed by atoms with Gasteiger partial charge in [-0.2, -0.15) is 0 Å². The number of benzene rings is 2. The van der Waals surface area contributed by atoms with Crippen LogP contribution in [-0.2, 0) is 17.8 Å². The summed E-state index contributed by atoms with van der Waals surface area (Å²) in [5.74, 6) is -0.219. The molecule has 0 bridgehead atoms. The van der Waals surface area contributed by atoms with Crippen molar-refractivity contribution in [3.8, 4) is 5.75 Å². The van der Waals surface area contributed by atoms with Gasteiger partial charge in [0.05, 0.1) is 12.7 Å². The van der Waals surface area contributed by atoms with Gasteiger partial charge in [-0.25, -0.2) is 4.79 Å². The van der Waals surface area contributed by atoms with Crippen LogP contribution in [0.1, 0.15) is 33.5 Å². The van der Waals surface area contributed by atoms with Crippen LogP contribution in [0.2, 0.25) is 0 Å². The lowest BCUT2D eigenvalue weighted by molar-refractivity contribution is -0.121. The Kier molecular flexibility index (Phi) is 5.95. The Labute approximate surface area is 141 Å². The van der Waals surface area contributed by atoms with E-state index < -0.39 is 5.97 Å². The molecule has 0 spiro atoms. The minimum absolute atomic E-state index is 0.0437. The summed E-state index contributed by atoms with van der Waals surface area (Å²) >= 11 is 0. The summed E-state index contributed by atoms with van der Waals surface area (Å²) in [5.41, 5.74) is 3.26. The maximum Gasteiger partial charge on any atom is 0.335 e. The number of ether oxygens (including phenoxy) is 1. The van der Waals surface area contributed by atoms with Crippen LogP contribution in [0.4, 0.5) is 0 Å². The van der Waals surface area contributed by atoms with Crippen molar-refractivity contribution in [1.29, 1.82) is 0 Å². The second-order valence-electron chi connectivity index (χ2n) is 5.64. The normalized spacial score (nSPS) is 10.2. The molecule has 126 valence electrons. The maximum absolute atomic E-state index is 12.0. The fraction of sp³-hybridized carbons (Fsp3) is 0.263. The highest BCUT2D eigenvalue weighted by molar-refractivity contribution is 5.87. The van der Waals surface area contributed by atoms with Crippen LogP contribution < -0.4 is 10.1 Å². The van der Waals surface area contributed by atoms with Crippen LogP contribution in [0.25, 0.3) is 0 Å². The third-order valence-electron chi connectivity index (χ3n) is 3.68. The molecule has 0 saturated heterocycles. The molecule has 0 heterocycles. The van der Waals surface area contributed by atoms with Crippen molar-refractivity contribution in [3.05, 3.63) is 64.7 Å². The Morgan fingerprint density at radius 2 is 1.79 bits per heavy atom. The van der Waals surface area contributed by atoms with Crippen LogP contribution in [0.3, 0.4) is 0 Å². The van der Waals surface area contributed by atoms with E-state index in [0.717, 1.165) is 22.4 Å². The maximum atomic E-state index is 12.0. The Hall–Kier alpha value is -2.82. The first-order valence-electron chi connectivity index (χ1n) is 7.71. The van der Waals surface area contributed by atoms with Gasteiger partial charge in [-0.05, 0) is 54.3 Å². The van der Waals surface area contributed by atoms with Crippen molar-refractivity contribution in [2.24, 2.45) is 0 Å². The molecule has 2 aromatic rings. The van der Waals surface area contributed by atoms with Gasteiger partial charge in [-0.3, -0.25) is 4.79 Å². The van der Waals surface area contributed by atoms with Gasteiger partial charge in [0.2, 0.25) is 5.91 Å². The Balaban J connectivity index is 1.83. The molecule has 2 rings (SSSR count). The van der Waals surface area contributed by atoms with Crippen LogP contribution in [0.5, 0.6) is 5.75 Å². The van der Waals surface area contributed by atoms with E-state index in [4.69, 9.17) is 9.84 Å². The molecule has 0 fully saturated rings. The van der Waals surface area contributed by atoms with Gasteiger partial charge in [-0.15, -0.1) is 0 Å². The van der Waals surface area contributed by atoms with E-state index in [0.29, 0.717) is 19.4 Å². The van der Waals surface area contributed by atoms with E-state index in [9.17, 15) is 9.59 Å². The highest BCUT2D eigenvalue weighted by Gasteiger charge is 2.06. The predicted molar refractivity (Wildman–Crippen MR) is 91.3 cm³/mol. The fourth-order valence-electron chi connectivity index (χ4n) is 2.41. The molecule has 0 unspecified atom stereocenters. The number of amides is 1. The molecule has 0 saturated carbocycles. The molecule has 0 aliphatic carbocycles. The smallest absolute Gasteiger partial charge is 0.335 e. The first kappa shape index (κ1) is 17.5. The lowest BCUT2D eigenvalue weighted by Gasteiger charge is -2.09. The standard InChI is InChI=1S/C19H21NO4/c1-13-9-15(11-17(10-13)24-2)12-20-18(21)8-5-14-3-6-16(7-4-14)19(22)23/h3-4,6-7,9-11H,5,8,12H2,1-2H3,(H,20,21)(H,22,23). The number of hydrogen-bond acceptors (Lipinski definition) is 3. The summed E-state index contributed by atoms with van der Waals surface area (Å²) in [4.78, 5) is 22.8. The minimum atomic E-state index is -0.951. The molecule has 5 heteroatoms. The number of rotatable bonds is 7. The molecular weight excluding hydrogens is 306 g/mol. The van der Waals surface area contributed by atoms with Crippen molar-refractivity contribution in [2.45, 2.75) is 26.3 Å². The van der Waals surface area contributed by atoms with E-state index in [1.165, 1.54) is 0 Å². The van der Waals surface area contributed by atoms with Crippen LogP contribution in [0.15, 0.2) is 42.5 Å².